The molecule has 120 valence electrons. The molecule has 0 spiro atoms. The third-order valence-corrected chi connectivity index (χ3v) is 4.02. The van der Waals surface area contributed by atoms with Gasteiger partial charge in [-0.15, -0.1) is 0 Å². The summed E-state index contributed by atoms with van der Waals surface area (Å²) in [5, 5.41) is 3.39. The first-order chi connectivity index (χ1) is 9.98. The fourth-order valence-electron chi connectivity index (χ4n) is 2.53. The number of halogens is 2. The van der Waals surface area contributed by atoms with Gasteiger partial charge in [-0.25, -0.2) is 8.78 Å². The van der Waals surface area contributed by atoms with Crippen molar-refractivity contribution in [3.05, 3.63) is 35.4 Å². The fraction of sp³-hybridized carbons (Fsp3) is 0.647. The van der Waals surface area contributed by atoms with Crippen LogP contribution in [0.5, 0.6) is 0 Å². The second kappa shape index (κ2) is 8.44. The third kappa shape index (κ3) is 4.75. The Morgan fingerprint density at radius 3 is 2.29 bits per heavy atom. The molecule has 0 heterocycles. The average molecular weight is 299 g/mol. The maximum atomic E-state index is 13.9. The monoisotopic (exact) mass is 299 g/mol. The molecule has 1 aromatic carbocycles. The number of hydrogen-bond acceptors (Lipinski definition) is 2. The first-order valence-corrected chi connectivity index (χ1v) is 7.78. The molecule has 1 aromatic rings. The minimum Gasteiger partial charge on any atom is -0.374 e. The number of rotatable bonds is 9. The van der Waals surface area contributed by atoms with Gasteiger partial charge in [-0.3, -0.25) is 0 Å². The van der Waals surface area contributed by atoms with Crippen molar-refractivity contribution >= 4 is 0 Å². The van der Waals surface area contributed by atoms with E-state index < -0.39 is 17.2 Å². The fourth-order valence-corrected chi connectivity index (χ4v) is 2.53. The molecule has 0 radical (unpaired) electrons. The average Bonchev–Trinajstić information content (AvgIpc) is 2.46. The van der Waals surface area contributed by atoms with Crippen LogP contribution in [-0.4, -0.2) is 24.8 Å². The van der Waals surface area contributed by atoms with E-state index in [9.17, 15) is 8.78 Å². The lowest BCUT2D eigenvalue weighted by molar-refractivity contribution is -0.0552. The first kappa shape index (κ1) is 18.1. The van der Waals surface area contributed by atoms with Crippen molar-refractivity contribution in [2.24, 2.45) is 0 Å². The molecular formula is C17H27F2NO. The summed E-state index contributed by atoms with van der Waals surface area (Å²) in [5.41, 5.74) is -0.316. The molecular weight excluding hydrogens is 272 g/mol. The van der Waals surface area contributed by atoms with Gasteiger partial charge in [0.25, 0.3) is 0 Å². The van der Waals surface area contributed by atoms with Crippen LogP contribution in [0.25, 0.3) is 0 Å². The van der Waals surface area contributed by atoms with E-state index in [0.29, 0.717) is 6.61 Å². The van der Waals surface area contributed by atoms with Gasteiger partial charge in [0.05, 0.1) is 5.60 Å². The Balaban J connectivity index is 3.02. The Kier molecular flexibility index (Phi) is 7.26. The zero-order chi connectivity index (χ0) is 15.9. The zero-order valence-electron chi connectivity index (χ0n) is 13.5. The molecule has 0 aliphatic heterocycles. The predicted octanol–water partition coefficient (Wildman–Crippen LogP) is 4.08. The van der Waals surface area contributed by atoms with E-state index in [4.69, 9.17) is 4.74 Å². The van der Waals surface area contributed by atoms with E-state index in [0.717, 1.165) is 19.4 Å². The Morgan fingerprint density at radius 2 is 1.81 bits per heavy atom. The van der Waals surface area contributed by atoms with E-state index in [-0.39, 0.29) is 18.0 Å². The largest absolute Gasteiger partial charge is 0.374 e. The molecule has 4 heteroatoms. The van der Waals surface area contributed by atoms with Crippen molar-refractivity contribution in [1.82, 2.24) is 5.32 Å². The highest BCUT2D eigenvalue weighted by atomic mass is 19.1. The third-order valence-electron chi connectivity index (χ3n) is 4.02. The SMILES string of the molecule is CCCNC(Cc1c(F)cccc1F)C(C)(CC)OCC. The Labute approximate surface area is 126 Å². The molecule has 2 atom stereocenters. The summed E-state index contributed by atoms with van der Waals surface area (Å²) in [4.78, 5) is 0. The highest BCUT2D eigenvalue weighted by Gasteiger charge is 2.34. The highest BCUT2D eigenvalue weighted by Crippen LogP contribution is 2.25. The minimum atomic E-state index is -0.492. The van der Waals surface area contributed by atoms with Crippen LogP contribution in [0.1, 0.15) is 46.1 Å². The van der Waals surface area contributed by atoms with E-state index >= 15 is 0 Å². The topological polar surface area (TPSA) is 21.3 Å². The lowest BCUT2D eigenvalue weighted by Gasteiger charge is -2.37. The molecule has 2 nitrogen and oxygen atoms in total. The van der Waals surface area contributed by atoms with Gasteiger partial charge in [-0.2, -0.15) is 0 Å². The van der Waals surface area contributed by atoms with Crippen LogP contribution < -0.4 is 5.32 Å². The summed E-state index contributed by atoms with van der Waals surface area (Å²) in [6.07, 6.45) is 2.02. The molecule has 0 amide bonds. The van der Waals surface area contributed by atoms with Crippen LogP contribution in [-0.2, 0) is 11.2 Å². The number of hydrogen-bond donors (Lipinski definition) is 1. The van der Waals surface area contributed by atoms with Crippen molar-refractivity contribution in [3.8, 4) is 0 Å². The smallest absolute Gasteiger partial charge is 0.129 e. The van der Waals surface area contributed by atoms with Crippen molar-refractivity contribution in [2.75, 3.05) is 13.2 Å². The Bertz CT molecular complexity index is 419. The summed E-state index contributed by atoms with van der Waals surface area (Å²) in [5.74, 6) is -0.985. The normalized spacial score (nSPS) is 15.7. The van der Waals surface area contributed by atoms with Gasteiger partial charge >= 0.3 is 0 Å². The molecule has 0 aliphatic rings. The number of benzene rings is 1. The van der Waals surface area contributed by atoms with Gasteiger partial charge in [-0.1, -0.05) is 19.9 Å². The molecule has 0 aliphatic carbocycles. The van der Waals surface area contributed by atoms with Gasteiger partial charge in [0, 0.05) is 18.2 Å². The van der Waals surface area contributed by atoms with Crippen LogP contribution in [0.3, 0.4) is 0 Å². The lowest BCUT2D eigenvalue weighted by Crippen LogP contribution is -2.52. The van der Waals surface area contributed by atoms with Crippen molar-refractivity contribution in [3.63, 3.8) is 0 Å². The maximum Gasteiger partial charge on any atom is 0.129 e. The van der Waals surface area contributed by atoms with Crippen LogP contribution in [0.4, 0.5) is 8.78 Å². The molecule has 1 N–H and O–H groups in total. The molecule has 0 saturated carbocycles. The number of ether oxygens (including phenoxy) is 1. The van der Waals surface area contributed by atoms with Crippen molar-refractivity contribution in [1.29, 1.82) is 0 Å². The molecule has 0 bridgehead atoms. The van der Waals surface area contributed by atoms with E-state index in [1.807, 2.05) is 20.8 Å². The zero-order valence-corrected chi connectivity index (χ0v) is 13.5. The van der Waals surface area contributed by atoms with E-state index in [1.54, 1.807) is 0 Å². The molecule has 2 unspecified atom stereocenters. The molecule has 0 fully saturated rings. The second-order valence-corrected chi connectivity index (χ2v) is 5.51. The first-order valence-electron chi connectivity index (χ1n) is 7.78. The van der Waals surface area contributed by atoms with Crippen LogP contribution in [0.2, 0.25) is 0 Å². The molecule has 0 saturated heterocycles. The van der Waals surface area contributed by atoms with Crippen LogP contribution in [0, 0.1) is 11.6 Å². The predicted molar refractivity (Wildman–Crippen MR) is 82.5 cm³/mol. The van der Waals surface area contributed by atoms with Crippen molar-refractivity contribution < 1.29 is 13.5 Å². The summed E-state index contributed by atoms with van der Waals surface area (Å²) in [7, 11) is 0. The summed E-state index contributed by atoms with van der Waals surface area (Å²) >= 11 is 0. The lowest BCUT2D eigenvalue weighted by atomic mass is 9.87. The Morgan fingerprint density at radius 1 is 1.19 bits per heavy atom. The van der Waals surface area contributed by atoms with Crippen LogP contribution >= 0.6 is 0 Å². The highest BCUT2D eigenvalue weighted by molar-refractivity contribution is 5.21. The van der Waals surface area contributed by atoms with Gasteiger partial charge in [0.1, 0.15) is 11.6 Å². The maximum absolute atomic E-state index is 13.9. The van der Waals surface area contributed by atoms with Gasteiger partial charge in [-0.05, 0) is 51.8 Å². The van der Waals surface area contributed by atoms with E-state index in [2.05, 4.69) is 12.2 Å². The standard InChI is InChI=1S/C17H27F2NO/c1-5-11-20-16(17(4,6-2)21-7-3)12-13-14(18)9-8-10-15(13)19/h8-10,16,20H,5-7,11-12H2,1-4H3. The Hall–Kier alpha value is -1.00. The minimum absolute atomic E-state index is 0.130. The molecule has 1 rings (SSSR count). The number of nitrogens with one attached hydrogen (secondary N) is 1. The van der Waals surface area contributed by atoms with Crippen LogP contribution in [0.15, 0.2) is 18.2 Å². The van der Waals surface area contributed by atoms with Gasteiger partial charge in [0.15, 0.2) is 0 Å². The molecule has 0 aromatic heterocycles. The van der Waals surface area contributed by atoms with Gasteiger partial charge in [0.2, 0.25) is 0 Å². The summed E-state index contributed by atoms with van der Waals surface area (Å²) in [6, 6.07) is 3.87. The summed E-state index contributed by atoms with van der Waals surface area (Å²) in [6.45, 7) is 9.42. The van der Waals surface area contributed by atoms with Crippen molar-refractivity contribution in [2.45, 2.75) is 58.6 Å². The molecule has 21 heavy (non-hydrogen) atoms. The summed E-state index contributed by atoms with van der Waals surface area (Å²) < 4.78 is 33.7. The van der Waals surface area contributed by atoms with Gasteiger partial charge < -0.3 is 10.1 Å². The second-order valence-electron chi connectivity index (χ2n) is 5.51. The van der Waals surface area contributed by atoms with E-state index in [1.165, 1.54) is 18.2 Å². The quantitative estimate of drug-likeness (QED) is 0.742.